The number of amides is 1. The smallest absolute Gasteiger partial charge is 0.268 e. The number of aromatic amines is 1. The summed E-state index contributed by atoms with van der Waals surface area (Å²) in [7, 11) is 1.62. The summed E-state index contributed by atoms with van der Waals surface area (Å²) in [4.78, 5) is 15.5. The van der Waals surface area contributed by atoms with E-state index < -0.39 is 0 Å². The average molecular weight is 320 g/mol. The number of rotatable bonds is 4. The Kier molecular flexibility index (Phi) is 3.42. The van der Waals surface area contributed by atoms with Crippen LogP contribution in [0.5, 0.6) is 5.75 Å². The molecule has 6 heteroatoms. The Morgan fingerprint density at radius 1 is 1.25 bits per heavy atom. The number of nitrogens with one attached hydrogen (secondary N) is 2. The average Bonchev–Trinajstić information content (AvgIpc) is 3.22. The van der Waals surface area contributed by atoms with E-state index in [0.717, 1.165) is 27.9 Å². The molecule has 4 rings (SSSR count). The third-order valence-corrected chi connectivity index (χ3v) is 3.92. The van der Waals surface area contributed by atoms with Crippen molar-refractivity contribution in [2.75, 3.05) is 7.11 Å². The zero-order valence-electron chi connectivity index (χ0n) is 13.1. The van der Waals surface area contributed by atoms with Crippen molar-refractivity contribution in [2.45, 2.75) is 6.54 Å². The van der Waals surface area contributed by atoms with Gasteiger partial charge in [0.2, 0.25) is 0 Å². The summed E-state index contributed by atoms with van der Waals surface area (Å²) in [6.45, 7) is 0.374. The van der Waals surface area contributed by atoms with E-state index >= 15 is 0 Å². The van der Waals surface area contributed by atoms with Crippen LogP contribution in [0.4, 0.5) is 0 Å². The predicted octanol–water partition coefficient (Wildman–Crippen LogP) is 2.75. The Morgan fingerprint density at radius 2 is 2.17 bits per heavy atom. The van der Waals surface area contributed by atoms with Gasteiger partial charge in [-0.25, -0.2) is 4.52 Å². The highest BCUT2D eigenvalue weighted by Gasteiger charge is 2.11. The minimum absolute atomic E-state index is 0.165. The Labute approximate surface area is 138 Å². The van der Waals surface area contributed by atoms with Gasteiger partial charge in [-0.05, 0) is 36.4 Å². The molecule has 0 spiro atoms. The van der Waals surface area contributed by atoms with E-state index in [9.17, 15) is 4.79 Å². The quantitative estimate of drug-likeness (QED) is 0.607. The molecule has 3 heterocycles. The standard InChI is InChI=1S/C18H16N4O2/c1-24-15-6-5-12-8-17(20-16(12)10-15)18(23)19-11-13-9-14-4-2-3-7-22(14)21-13/h2-10,20H,11H2,1H3,(H,19,23). The van der Waals surface area contributed by atoms with Gasteiger partial charge in [-0.3, -0.25) is 4.79 Å². The zero-order valence-corrected chi connectivity index (χ0v) is 13.1. The number of methoxy groups -OCH3 is 1. The van der Waals surface area contributed by atoms with Crippen LogP contribution < -0.4 is 10.1 Å². The van der Waals surface area contributed by atoms with Gasteiger partial charge in [-0.2, -0.15) is 5.10 Å². The van der Waals surface area contributed by atoms with E-state index in [2.05, 4.69) is 15.4 Å². The highest BCUT2D eigenvalue weighted by molar-refractivity contribution is 5.98. The van der Waals surface area contributed by atoms with Crippen LogP contribution in [0.15, 0.2) is 54.7 Å². The van der Waals surface area contributed by atoms with E-state index in [1.165, 1.54) is 0 Å². The van der Waals surface area contributed by atoms with Crippen molar-refractivity contribution in [1.82, 2.24) is 19.9 Å². The van der Waals surface area contributed by atoms with Gasteiger partial charge in [0.05, 0.1) is 24.9 Å². The number of fused-ring (bicyclic) bond motifs is 2. The number of H-pyrrole nitrogens is 1. The third-order valence-electron chi connectivity index (χ3n) is 3.92. The summed E-state index contributed by atoms with van der Waals surface area (Å²) in [6, 6.07) is 15.3. The Bertz CT molecular complexity index is 999. The number of ether oxygens (including phenoxy) is 1. The molecule has 24 heavy (non-hydrogen) atoms. The second-order valence-electron chi connectivity index (χ2n) is 5.52. The van der Waals surface area contributed by atoms with Gasteiger partial charge in [-0.1, -0.05) is 6.07 Å². The molecule has 3 aromatic heterocycles. The molecule has 120 valence electrons. The summed E-state index contributed by atoms with van der Waals surface area (Å²) in [5, 5.41) is 8.27. The second-order valence-corrected chi connectivity index (χ2v) is 5.52. The summed E-state index contributed by atoms with van der Waals surface area (Å²) in [6.07, 6.45) is 1.88. The molecule has 2 N–H and O–H groups in total. The maximum absolute atomic E-state index is 12.3. The number of hydrogen-bond acceptors (Lipinski definition) is 3. The van der Waals surface area contributed by atoms with Crippen LogP contribution in [0.25, 0.3) is 16.4 Å². The zero-order chi connectivity index (χ0) is 16.5. The van der Waals surface area contributed by atoms with E-state index in [1.807, 2.05) is 54.7 Å². The number of nitrogens with zero attached hydrogens (tertiary/aromatic N) is 2. The molecule has 1 amide bonds. The molecule has 0 bridgehead atoms. The van der Waals surface area contributed by atoms with Crippen molar-refractivity contribution in [3.63, 3.8) is 0 Å². The lowest BCUT2D eigenvalue weighted by Gasteiger charge is -2.00. The van der Waals surface area contributed by atoms with Crippen molar-refractivity contribution in [1.29, 1.82) is 0 Å². The third kappa shape index (κ3) is 2.58. The molecular weight excluding hydrogens is 304 g/mol. The number of carbonyl (C=O) groups excluding carboxylic acids is 1. The molecule has 0 saturated carbocycles. The normalized spacial score (nSPS) is 11.0. The molecule has 1 aromatic carbocycles. The van der Waals surface area contributed by atoms with E-state index in [0.29, 0.717) is 12.2 Å². The second kappa shape index (κ2) is 5.73. The first kappa shape index (κ1) is 14.3. The minimum atomic E-state index is -0.165. The number of carbonyl (C=O) groups is 1. The first-order chi connectivity index (χ1) is 11.7. The number of benzene rings is 1. The Balaban J connectivity index is 1.51. The SMILES string of the molecule is COc1ccc2cc(C(=O)NCc3cc4ccccn4n3)[nH]c2c1. The first-order valence-corrected chi connectivity index (χ1v) is 7.61. The molecule has 0 unspecified atom stereocenters. The van der Waals surface area contributed by atoms with Gasteiger partial charge in [0, 0.05) is 23.2 Å². The van der Waals surface area contributed by atoms with E-state index in [4.69, 9.17) is 4.74 Å². The van der Waals surface area contributed by atoms with Crippen LogP contribution in [0.3, 0.4) is 0 Å². The molecule has 0 fully saturated rings. The number of aromatic nitrogens is 3. The fraction of sp³-hybridized carbons (Fsp3) is 0.111. The summed E-state index contributed by atoms with van der Waals surface area (Å²) >= 11 is 0. The van der Waals surface area contributed by atoms with Crippen molar-refractivity contribution in [3.8, 4) is 5.75 Å². The van der Waals surface area contributed by atoms with Gasteiger partial charge in [0.15, 0.2) is 0 Å². The van der Waals surface area contributed by atoms with Crippen molar-refractivity contribution < 1.29 is 9.53 Å². The summed E-state index contributed by atoms with van der Waals surface area (Å²) < 4.78 is 6.98. The van der Waals surface area contributed by atoms with Crippen LogP contribution in [-0.2, 0) is 6.54 Å². The first-order valence-electron chi connectivity index (χ1n) is 7.61. The Hall–Kier alpha value is -3.28. The molecule has 0 atom stereocenters. The lowest BCUT2D eigenvalue weighted by atomic mass is 10.2. The molecule has 0 aliphatic heterocycles. The van der Waals surface area contributed by atoms with Crippen molar-refractivity contribution >= 4 is 22.3 Å². The fourth-order valence-electron chi connectivity index (χ4n) is 2.70. The highest BCUT2D eigenvalue weighted by Crippen LogP contribution is 2.21. The topological polar surface area (TPSA) is 71.4 Å². The summed E-state index contributed by atoms with van der Waals surface area (Å²) in [5.74, 6) is 0.586. The lowest BCUT2D eigenvalue weighted by molar-refractivity contribution is 0.0946. The molecule has 4 aromatic rings. The maximum Gasteiger partial charge on any atom is 0.268 e. The largest absolute Gasteiger partial charge is 0.497 e. The molecule has 0 aliphatic carbocycles. The van der Waals surface area contributed by atoms with Gasteiger partial charge < -0.3 is 15.0 Å². The number of hydrogen-bond donors (Lipinski definition) is 2. The molecule has 0 aliphatic rings. The van der Waals surface area contributed by atoms with Crippen LogP contribution in [-0.4, -0.2) is 27.6 Å². The maximum atomic E-state index is 12.3. The highest BCUT2D eigenvalue weighted by atomic mass is 16.5. The lowest BCUT2D eigenvalue weighted by Crippen LogP contribution is -2.23. The number of pyridine rings is 1. The van der Waals surface area contributed by atoms with E-state index in [1.54, 1.807) is 11.6 Å². The monoisotopic (exact) mass is 320 g/mol. The minimum Gasteiger partial charge on any atom is -0.497 e. The van der Waals surface area contributed by atoms with Gasteiger partial charge >= 0.3 is 0 Å². The molecule has 0 radical (unpaired) electrons. The Morgan fingerprint density at radius 3 is 3.00 bits per heavy atom. The molecular formula is C18H16N4O2. The van der Waals surface area contributed by atoms with Crippen molar-refractivity contribution in [2.24, 2.45) is 0 Å². The molecule has 0 saturated heterocycles. The van der Waals surface area contributed by atoms with Crippen molar-refractivity contribution in [3.05, 3.63) is 66.1 Å². The van der Waals surface area contributed by atoms with Gasteiger partial charge in [-0.15, -0.1) is 0 Å². The van der Waals surface area contributed by atoms with Crippen LogP contribution >= 0.6 is 0 Å². The van der Waals surface area contributed by atoms with Crippen LogP contribution in [0.2, 0.25) is 0 Å². The fourth-order valence-corrected chi connectivity index (χ4v) is 2.70. The van der Waals surface area contributed by atoms with E-state index in [-0.39, 0.29) is 5.91 Å². The van der Waals surface area contributed by atoms with Gasteiger partial charge in [0.1, 0.15) is 11.4 Å². The van der Waals surface area contributed by atoms with Crippen LogP contribution in [0, 0.1) is 0 Å². The predicted molar refractivity (Wildman–Crippen MR) is 91.2 cm³/mol. The summed E-state index contributed by atoms with van der Waals surface area (Å²) in [5.41, 5.74) is 3.20. The van der Waals surface area contributed by atoms with Crippen LogP contribution in [0.1, 0.15) is 16.2 Å². The van der Waals surface area contributed by atoms with Gasteiger partial charge in [0.25, 0.3) is 5.91 Å². The molecule has 6 nitrogen and oxygen atoms in total.